The minimum absolute atomic E-state index is 0.0360. The predicted molar refractivity (Wildman–Crippen MR) is 109 cm³/mol. The lowest BCUT2D eigenvalue weighted by molar-refractivity contribution is -0.122. The van der Waals surface area contributed by atoms with Crippen molar-refractivity contribution in [2.75, 3.05) is 0 Å². The van der Waals surface area contributed by atoms with Crippen molar-refractivity contribution in [3.63, 3.8) is 0 Å². The fraction of sp³-hybridized carbons (Fsp3) is 0.167. The Morgan fingerprint density at radius 3 is 2.04 bits per heavy atom. The highest BCUT2D eigenvalue weighted by atomic mass is 16.2. The van der Waals surface area contributed by atoms with Gasteiger partial charge in [0.2, 0.25) is 5.91 Å². The van der Waals surface area contributed by atoms with Crippen LogP contribution in [0.5, 0.6) is 0 Å². The first-order valence-electron chi connectivity index (χ1n) is 9.21. The zero-order chi connectivity index (χ0) is 18.7. The Hall–Kier alpha value is -3.20. The summed E-state index contributed by atoms with van der Waals surface area (Å²) in [4.78, 5) is 12.8. The average Bonchev–Trinajstić information content (AvgIpc) is 3.48. The van der Waals surface area contributed by atoms with E-state index in [-0.39, 0.29) is 17.2 Å². The summed E-state index contributed by atoms with van der Waals surface area (Å²) in [6.07, 6.45) is 2.49. The molecule has 1 fully saturated rings. The SMILES string of the molecule is Cc1ccc(/C=N/NC(=O)C2CC2(c2ccccc2)c2ccccc2)cc1. The molecule has 0 heterocycles. The standard InChI is InChI=1S/C24H22N2O/c1-18-12-14-19(15-13-18)17-25-26-23(27)22-16-24(22,20-8-4-2-5-9-20)21-10-6-3-7-11-21/h2-15,17,22H,16H2,1H3,(H,26,27)/b25-17+. The third-order valence-electron chi connectivity index (χ3n) is 5.32. The number of hydrogen-bond donors (Lipinski definition) is 1. The smallest absolute Gasteiger partial charge is 0.244 e. The Bertz CT molecular complexity index is 907. The van der Waals surface area contributed by atoms with E-state index in [1.807, 2.05) is 67.6 Å². The molecule has 0 bridgehead atoms. The molecule has 3 nitrogen and oxygen atoms in total. The van der Waals surface area contributed by atoms with Crippen molar-refractivity contribution in [2.24, 2.45) is 11.0 Å². The molecular formula is C24H22N2O. The van der Waals surface area contributed by atoms with E-state index in [9.17, 15) is 4.79 Å². The molecule has 0 radical (unpaired) electrons. The van der Waals surface area contributed by atoms with Gasteiger partial charge in [-0.2, -0.15) is 5.10 Å². The maximum absolute atomic E-state index is 12.8. The number of benzene rings is 3. The molecule has 1 N–H and O–H groups in total. The molecule has 3 aromatic carbocycles. The van der Waals surface area contributed by atoms with Gasteiger partial charge in [0.05, 0.1) is 12.1 Å². The van der Waals surface area contributed by atoms with Crippen molar-refractivity contribution in [3.05, 3.63) is 107 Å². The molecule has 1 aliphatic carbocycles. The average molecular weight is 354 g/mol. The van der Waals surface area contributed by atoms with E-state index >= 15 is 0 Å². The number of hydrazone groups is 1. The molecule has 134 valence electrons. The van der Waals surface area contributed by atoms with Gasteiger partial charge in [-0.15, -0.1) is 0 Å². The van der Waals surface area contributed by atoms with Crippen molar-refractivity contribution in [1.82, 2.24) is 5.43 Å². The van der Waals surface area contributed by atoms with Crippen LogP contribution in [0.15, 0.2) is 90.0 Å². The van der Waals surface area contributed by atoms with Gasteiger partial charge in [-0.1, -0.05) is 90.5 Å². The first-order chi connectivity index (χ1) is 13.2. The van der Waals surface area contributed by atoms with E-state index in [2.05, 4.69) is 34.8 Å². The molecule has 1 unspecified atom stereocenters. The van der Waals surface area contributed by atoms with Crippen LogP contribution in [-0.2, 0) is 10.2 Å². The van der Waals surface area contributed by atoms with Crippen LogP contribution in [0.3, 0.4) is 0 Å². The largest absolute Gasteiger partial charge is 0.273 e. The second-order valence-electron chi connectivity index (χ2n) is 7.11. The first-order valence-corrected chi connectivity index (χ1v) is 9.21. The predicted octanol–water partition coefficient (Wildman–Crippen LogP) is 4.45. The molecular weight excluding hydrogens is 332 g/mol. The maximum Gasteiger partial charge on any atom is 0.244 e. The molecule has 0 aromatic heterocycles. The Morgan fingerprint density at radius 2 is 1.48 bits per heavy atom. The molecule has 3 heteroatoms. The van der Waals surface area contributed by atoms with Crippen molar-refractivity contribution in [3.8, 4) is 0 Å². The lowest BCUT2D eigenvalue weighted by Crippen LogP contribution is -2.25. The van der Waals surface area contributed by atoms with Crippen molar-refractivity contribution < 1.29 is 4.79 Å². The number of rotatable bonds is 5. The van der Waals surface area contributed by atoms with E-state index in [0.29, 0.717) is 0 Å². The lowest BCUT2D eigenvalue weighted by Gasteiger charge is -2.18. The molecule has 1 aliphatic rings. The van der Waals surface area contributed by atoms with Crippen molar-refractivity contribution in [2.45, 2.75) is 18.8 Å². The second-order valence-corrected chi connectivity index (χ2v) is 7.11. The highest BCUT2D eigenvalue weighted by Gasteiger charge is 2.60. The third-order valence-corrected chi connectivity index (χ3v) is 5.32. The molecule has 4 rings (SSSR count). The van der Waals surface area contributed by atoms with Crippen LogP contribution in [0.4, 0.5) is 0 Å². The lowest BCUT2D eigenvalue weighted by atomic mass is 9.85. The summed E-state index contributed by atoms with van der Waals surface area (Å²) in [5.41, 5.74) is 7.00. The number of aryl methyl sites for hydroxylation is 1. The van der Waals surface area contributed by atoms with Crippen LogP contribution in [-0.4, -0.2) is 12.1 Å². The van der Waals surface area contributed by atoms with E-state index in [1.165, 1.54) is 16.7 Å². The summed E-state index contributed by atoms with van der Waals surface area (Å²) in [5, 5.41) is 4.16. The van der Waals surface area contributed by atoms with Crippen LogP contribution in [0.2, 0.25) is 0 Å². The highest BCUT2D eigenvalue weighted by Crippen LogP contribution is 2.58. The summed E-state index contributed by atoms with van der Waals surface area (Å²) in [5.74, 6) is -0.150. The Balaban J connectivity index is 1.53. The Labute approximate surface area is 159 Å². The van der Waals surface area contributed by atoms with Gasteiger partial charge in [-0.05, 0) is 30.0 Å². The van der Waals surface area contributed by atoms with Crippen LogP contribution >= 0.6 is 0 Å². The minimum atomic E-state index is -0.258. The number of nitrogens with zero attached hydrogens (tertiary/aromatic N) is 1. The molecule has 1 atom stereocenters. The summed E-state index contributed by atoms with van der Waals surface area (Å²) >= 11 is 0. The first kappa shape index (κ1) is 17.2. The summed E-state index contributed by atoms with van der Waals surface area (Å²) in [6.45, 7) is 2.04. The molecule has 27 heavy (non-hydrogen) atoms. The van der Waals surface area contributed by atoms with Gasteiger partial charge in [0.15, 0.2) is 0 Å². The summed E-state index contributed by atoms with van der Waals surface area (Å²) in [7, 11) is 0. The third kappa shape index (κ3) is 3.41. The number of hydrogen-bond acceptors (Lipinski definition) is 2. The molecule has 1 saturated carbocycles. The molecule has 0 saturated heterocycles. The van der Waals surface area contributed by atoms with Crippen LogP contribution < -0.4 is 5.43 Å². The van der Waals surface area contributed by atoms with Crippen LogP contribution in [0.25, 0.3) is 0 Å². The van der Waals surface area contributed by atoms with E-state index < -0.39 is 0 Å². The van der Waals surface area contributed by atoms with Gasteiger partial charge < -0.3 is 0 Å². The zero-order valence-corrected chi connectivity index (χ0v) is 15.3. The number of carbonyl (C=O) groups is 1. The fourth-order valence-corrected chi connectivity index (χ4v) is 3.76. The Kier molecular flexibility index (Phi) is 4.59. The fourth-order valence-electron chi connectivity index (χ4n) is 3.76. The van der Waals surface area contributed by atoms with E-state index in [1.54, 1.807) is 6.21 Å². The van der Waals surface area contributed by atoms with Crippen LogP contribution in [0, 0.1) is 12.8 Å². The minimum Gasteiger partial charge on any atom is -0.273 e. The van der Waals surface area contributed by atoms with Gasteiger partial charge in [0, 0.05) is 5.41 Å². The van der Waals surface area contributed by atoms with Gasteiger partial charge in [-0.25, -0.2) is 5.43 Å². The van der Waals surface area contributed by atoms with E-state index in [0.717, 1.165) is 12.0 Å². The summed E-state index contributed by atoms with van der Waals surface area (Å²) < 4.78 is 0. The normalized spacial score (nSPS) is 17.6. The number of carbonyl (C=O) groups excluding carboxylic acids is 1. The number of nitrogens with one attached hydrogen (secondary N) is 1. The van der Waals surface area contributed by atoms with Crippen LogP contribution in [0.1, 0.15) is 28.7 Å². The van der Waals surface area contributed by atoms with Gasteiger partial charge >= 0.3 is 0 Å². The molecule has 1 amide bonds. The Morgan fingerprint density at radius 1 is 0.926 bits per heavy atom. The van der Waals surface area contributed by atoms with E-state index in [4.69, 9.17) is 0 Å². The molecule has 0 aliphatic heterocycles. The van der Waals surface area contributed by atoms with Crippen molar-refractivity contribution in [1.29, 1.82) is 0 Å². The summed E-state index contributed by atoms with van der Waals surface area (Å²) in [6, 6.07) is 28.6. The maximum atomic E-state index is 12.8. The monoisotopic (exact) mass is 354 g/mol. The quantitative estimate of drug-likeness (QED) is 0.534. The molecule has 3 aromatic rings. The zero-order valence-electron chi connectivity index (χ0n) is 15.3. The van der Waals surface area contributed by atoms with Gasteiger partial charge in [0.1, 0.15) is 0 Å². The second kappa shape index (κ2) is 7.20. The topological polar surface area (TPSA) is 41.5 Å². The van der Waals surface area contributed by atoms with Crippen molar-refractivity contribution >= 4 is 12.1 Å². The highest BCUT2D eigenvalue weighted by molar-refractivity contribution is 5.87. The molecule has 0 spiro atoms. The van der Waals surface area contributed by atoms with Gasteiger partial charge in [-0.3, -0.25) is 4.79 Å². The number of amides is 1. The van der Waals surface area contributed by atoms with Gasteiger partial charge in [0.25, 0.3) is 0 Å².